The first-order valence-electron chi connectivity index (χ1n) is 7.93. The van der Waals surface area contributed by atoms with Crippen LogP contribution < -0.4 is 0 Å². The number of hydrogen-bond acceptors (Lipinski definition) is 5. The summed E-state index contributed by atoms with van der Waals surface area (Å²) >= 11 is 0. The van der Waals surface area contributed by atoms with Gasteiger partial charge < -0.3 is 19.3 Å². The van der Waals surface area contributed by atoms with Crippen molar-refractivity contribution in [3.63, 3.8) is 0 Å². The lowest BCUT2D eigenvalue weighted by molar-refractivity contribution is -0.140. The third kappa shape index (κ3) is 11.3. The number of aliphatic hydroxyl groups excluding tert-OH is 1. The number of methoxy groups -OCH3 is 1. The summed E-state index contributed by atoms with van der Waals surface area (Å²) in [5.41, 5.74) is 0.201. The molecule has 0 amide bonds. The number of carbonyl (C=O) groups excluding carboxylic acids is 1. The van der Waals surface area contributed by atoms with Gasteiger partial charge in [0.2, 0.25) is 0 Å². The number of unbranched alkanes of at least 4 members (excludes halogenated alkanes) is 4. The van der Waals surface area contributed by atoms with Crippen LogP contribution in [0.5, 0.6) is 0 Å². The van der Waals surface area contributed by atoms with Crippen molar-refractivity contribution in [2.45, 2.75) is 46.0 Å². The van der Waals surface area contributed by atoms with E-state index in [9.17, 15) is 9.90 Å². The van der Waals surface area contributed by atoms with Crippen molar-refractivity contribution in [1.29, 1.82) is 0 Å². The second kappa shape index (κ2) is 14.6. The number of ether oxygens (including phenoxy) is 3. The first kappa shape index (κ1) is 20.7. The number of carbonyl (C=O) groups is 1. The molecule has 0 heterocycles. The fourth-order valence-electron chi connectivity index (χ4n) is 1.74. The predicted octanol–water partition coefficient (Wildman–Crippen LogP) is 3.55. The molecular formula is C17H30O5. The van der Waals surface area contributed by atoms with Gasteiger partial charge in [0.05, 0.1) is 25.4 Å². The van der Waals surface area contributed by atoms with Crippen molar-refractivity contribution < 1.29 is 24.1 Å². The molecule has 0 radical (unpaired) electrons. The van der Waals surface area contributed by atoms with Gasteiger partial charge in [0.1, 0.15) is 12.4 Å². The van der Waals surface area contributed by atoms with Crippen molar-refractivity contribution in [3.8, 4) is 0 Å². The SMILES string of the molecule is CCCCCC/C=C/C(C(=O)OCCOCCOC)=C(/C)O. The molecule has 1 N–H and O–H groups in total. The van der Waals surface area contributed by atoms with E-state index in [1.54, 1.807) is 13.2 Å². The van der Waals surface area contributed by atoms with Crippen LogP contribution in [0.25, 0.3) is 0 Å². The van der Waals surface area contributed by atoms with E-state index in [-0.39, 0.29) is 17.9 Å². The molecule has 0 spiro atoms. The average molecular weight is 314 g/mol. The monoisotopic (exact) mass is 314 g/mol. The molecule has 5 heteroatoms. The molecule has 0 aliphatic heterocycles. The van der Waals surface area contributed by atoms with Gasteiger partial charge in [-0.2, -0.15) is 0 Å². The minimum Gasteiger partial charge on any atom is -0.512 e. The molecule has 0 aromatic carbocycles. The second-order valence-corrected chi connectivity index (χ2v) is 4.99. The summed E-state index contributed by atoms with van der Waals surface area (Å²) in [6.45, 7) is 5.09. The largest absolute Gasteiger partial charge is 0.512 e. The summed E-state index contributed by atoms with van der Waals surface area (Å²) < 4.78 is 15.1. The molecule has 5 nitrogen and oxygen atoms in total. The lowest BCUT2D eigenvalue weighted by Crippen LogP contribution is -2.14. The molecule has 0 unspecified atom stereocenters. The van der Waals surface area contributed by atoms with E-state index >= 15 is 0 Å². The van der Waals surface area contributed by atoms with Gasteiger partial charge in [-0.05, 0) is 25.8 Å². The molecule has 0 aromatic heterocycles. The van der Waals surface area contributed by atoms with Crippen LogP contribution in [0.3, 0.4) is 0 Å². The van der Waals surface area contributed by atoms with Gasteiger partial charge in [-0.15, -0.1) is 0 Å². The summed E-state index contributed by atoms with van der Waals surface area (Å²) in [5.74, 6) is -0.560. The fourth-order valence-corrected chi connectivity index (χ4v) is 1.74. The minimum absolute atomic E-state index is 0.0323. The van der Waals surface area contributed by atoms with E-state index in [0.29, 0.717) is 19.8 Å². The Bertz CT molecular complexity index is 343. The van der Waals surface area contributed by atoms with E-state index in [1.807, 2.05) is 6.08 Å². The quantitative estimate of drug-likeness (QED) is 0.185. The molecule has 0 saturated carbocycles. The molecule has 0 bridgehead atoms. The third-order valence-electron chi connectivity index (χ3n) is 3.01. The van der Waals surface area contributed by atoms with Gasteiger partial charge in [-0.1, -0.05) is 32.3 Å². The van der Waals surface area contributed by atoms with E-state index in [2.05, 4.69) is 6.92 Å². The van der Waals surface area contributed by atoms with Crippen LogP contribution in [0.4, 0.5) is 0 Å². The van der Waals surface area contributed by atoms with Crippen molar-refractivity contribution in [2.75, 3.05) is 33.5 Å². The molecule has 0 fully saturated rings. The maximum atomic E-state index is 11.9. The van der Waals surface area contributed by atoms with Crippen molar-refractivity contribution >= 4 is 5.97 Å². The Labute approximate surface area is 133 Å². The molecule has 22 heavy (non-hydrogen) atoms. The van der Waals surface area contributed by atoms with E-state index in [4.69, 9.17) is 14.2 Å². The molecule has 0 aliphatic carbocycles. The maximum absolute atomic E-state index is 11.9. The first-order valence-corrected chi connectivity index (χ1v) is 7.93. The van der Waals surface area contributed by atoms with Crippen LogP contribution in [0, 0.1) is 0 Å². The van der Waals surface area contributed by atoms with Crippen LogP contribution in [0.15, 0.2) is 23.5 Å². The highest BCUT2D eigenvalue weighted by atomic mass is 16.6. The highest BCUT2D eigenvalue weighted by Gasteiger charge is 2.11. The Hall–Kier alpha value is -1.33. The molecule has 0 rings (SSSR count). The van der Waals surface area contributed by atoms with Gasteiger partial charge in [0, 0.05) is 7.11 Å². The topological polar surface area (TPSA) is 65.0 Å². The molecule has 0 saturated heterocycles. The molecule has 128 valence electrons. The van der Waals surface area contributed by atoms with E-state index in [0.717, 1.165) is 12.8 Å². The van der Waals surface area contributed by atoms with Crippen LogP contribution in [0.1, 0.15) is 46.0 Å². The highest BCUT2D eigenvalue weighted by molar-refractivity contribution is 5.91. The summed E-state index contributed by atoms with van der Waals surface area (Å²) in [4.78, 5) is 11.9. The Morgan fingerprint density at radius 2 is 1.82 bits per heavy atom. The van der Waals surface area contributed by atoms with Gasteiger partial charge in [0.25, 0.3) is 0 Å². The number of allylic oxidation sites excluding steroid dienone is 2. The van der Waals surface area contributed by atoms with Crippen LogP contribution in [0.2, 0.25) is 0 Å². The normalized spacial score (nSPS) is 12.5. The number of aliphatic hydroxyl groups is 1. The summed E-state index contributed by atoms with van der Waals surface area (Å²) in [6.07, 6.45) is 9.12. The fraction of sp³-hybridized carbons (Fsp3) is 0.706. The van der Waals surface area contributed by atoms with Crippen LogP contribution in [-0.4, -0.2) is 44.6 Å². The summed E-state index contributed by atoms with van der Waals surface area (Å²) in [5, 5.41) is 9.58. The average Bonchev–Trinajstić information content (AvgIpc) is 2.49. The Kier molecular flexibility index (Phi) is 13.7. The lowest BCUT2D eigenvalue weighted by atomic mass is 10.1. The number of hydrogen-bond donors (Lipinski definition) is 1. The highest BCUT2D eigenvalue weighted by Crippen LogP contribution is 2.09. The van der Waals surface area contributed by atoms with Crippen molar-refractivity contribution in [3.05, 3.63) is 23.5 Å². The van der Waals surface area contributed by atoms with Crippen molar-refractivity contribution in [1.82, 2.24) is 0 Å². The zero-order valence-corrected chi connectivity index (χ0v) is 14.1. The first-order chi connectivity index (χ1) is 10.6. The van der Waals surface area contributed by atoms with Crippen LogP contribution in [-0.2, 0) is 19.0 Å². The number of esters is 1. The van der Waals surface area contributed by atoms with E-state index < -0.39 is 5.97 Å². The Morgan fingerprint density at radius 1 is 1.09 bits per heavy atom. The molecule has 0 aliphatic rings. The van der Waals surface area contributed by atoms with E-state index in [1.165, 1.54) is 26.2 Å². The van der Waals surface area contributed by atoms with Gasteiger partial charge >= 0.3 is 5.97 Å². The zero-order chi connectivity index (χ0) is 16.6. The van der Waals surface area contributed by atoms with Crippen molar-refractivity contribution in [2.24, 2.45) is 0 Å². The molecule has 0 atom stereocenters. The van der Waals surface area contributed by atoms with Gasteiger partial charge in [-0.3, -0.25) is 0 Å². The number of rotatable bonds is 13. The summed E-state index contributed by atoms with van der Waals surface area (Å²) in [7, 11) is 1.60. The Balaban J connectivity index is 4.03. The third-order valence-corrected chi connectivity index (χ3v) is 3.01. The van der Waals surface area contributed by atoms with Crippen LogP contribution >= 0.6 is 0 Å². The second-order valence-electron chi connectivity index (χ2n) is 4.99. The zero-order valence-electron chi connectivity index (χ0n) is 14.1. The molecular weight excluding hydrogens is 284 g/mol. The Morgan fingerprint density at radius 3 is 2.45 bits per heavy atom. The molecule has 0 aromatic rings. The lowest BCUT2D eigenvalue weighted by Gasteiger charge is -2.07. The maximum Gasteiger partial charge on any atom is 0.341 e. The predicted molar refractivity (Wildman–Crippen MR) is 86.9 cm³/mol. The van der Waals surface area contributed by atoms with Gasteiger partial charge in [-0.25, -0.2) is 4.79 Å². The standard InChI is InChI=1S/C17H30O5/c1-4-5-6-7-8-9-10-16(15(2)18)17(19)22-14-13-21-12-11-20-3/h9-10,18H,4-8,11-14H2,1-3H3/b10-9+,16-15+. The van der Waals surface area contributed by atoms with Gasteiger partial charge in [0.15, 0.2) is 0 Å². The smallest absolute Gasteiger partial charge is 0.341 e. The summed E-state index contributed by atoms with van der Waals surface area (Å²) in [6, 6.07) is 0. The minimum atomic E-state index is -0.528.